The minimum absolute atomic E-state index is 0.279. The van der Waals surface area contributed by atoms with E-state index in [1.807, 2.05) is 0 Å². The molecular formula is C13H27NO2. The highest BCUT2D eigenvalue weighted by atomic mass is 16.4. The fourth-order valence-corrected chi connectivity index (χ4v) is 1.65. The normalized spacial score (nSPS) is 10.9. The Morgan fingerprint density at radius 3 is 2.31 bits per heavy atom. The van der Waals surface area contributed by atoms with E-state index in [2.05, 4.69) is 19.2 Å². The molecule has 0 aliphatic rings. The summed E-state index contributed by atoms with van der Waals surface area (Å²) < 4.78 is 0. The van der Waals surface area contributed by atoms with Crippen LogP contribution in [0.5, 0.6) is 0 Å². The number of nitrogens with one attached hydrogen (secondary N) is 1. The van der Waals surface area contributed by atoms with E-state index in [0.717, 1.165) is 25.4 Å². The van der Waals surface area contributed by atoms with Gasteiger partial charge in [-0.3, -0.25) is 4.79 Å². The van der Waals surface area contributed by atoms with Crippen LogP contribution in [-0.2, 0) is 4.79 Å². The van der Waals surface area contributed by atoms with E-state index in [-0.39, 0.29) is 6.42 Å². The summed E-state index contributed by atoms with van der Waals surface area (Å²) in [5.74, 6) is 0.129. The highest BCUT2D eigenvalue weighted by molar-refractivity contribution is 5.66. The van der Waals surface area contributed by atoms with Gasteiger partial charge in [-0.1, -0.05) is 39.5 Å². The molecule has 0 amide bonds. The number of unbranched alkanes of at least 4 members (excludes halogenated alkanes) is 3. The Kier molecular flexibility index (Phi) is 10.5. The molecular weight excluding hydrogens is 202 g/mol. The third-order valence-corrected chi connectivity index (χ3v) is 2.63. The molecule has 0 atom stereocenters. The van der Waals surface area contributed by atoms with Crippen molar-refractivity contribution in [1.29, 1.82) is 0 Å². The summed E-state index contributed by atoms with van der Waals surface area (Å²) in [7, 11) is 0. The van der Waals surface area contributed by atoms with E-state index in [1.54, 1.807) is 0 Å². The predicted molar refractivity (Wildman–Crippen MR) is 67.7 cm³/mol. The topological polar surface area (TPSA) is 49.3 Å². The van der Waals surface area contributed by atoms with Gasteiger partial charge in [0.25, 0.3) is 0 Å². The van der Waals surface area contributed by atoms with E-state index in [1.165, 1.54) is 32.1 Å². The van der Waals surface area contributed by atoms with Crippen molar-refractivity contribution in [1.82, 2.24) is 5.32 Å². The van der Waals surface area contributed by atoms with Crippen molar-refractivity contribution in [2.45, 2.75) is 58.8 Å². The van der Waals surface area contributed by atoms with Gasteiger partial charge in [-0.2, -0.15) is 0 Å². The van der Waals surface area contributed by atoms with Gasteiger partial charge in [-0.05, 0) is 31.8 Å². The first-order valence-electron chi connectivity index (χ1n) is 6.55. The zero-order chi connectivity index (χ0) is 12.2. The third kappa shape index (κ3) is 13.4. The number of hydrogen-bond donors (Lipinski definition) is 2. The second-order valence-electron chi connectivity index (χ2n) is 4.84. The maximum atomic E-state index is 10.2. The highest BCUT2D eigenvalue weighted by Gasteiger charge is 1.96. The van der Waals surface area contributed by atoms with Crippen molar-refractivity contribution in [3.05, 3.63) is 0 Å². The largest absolute Gasteiger partial charge is 0.481 e. The minimum Gasteiger partial charge on any atom is -0.481 e. The van der Waals surface area contributed by atoms with Crippen LogP contribution in [0.1, 0.15) is 58.8 Å². The molecule has 0 unspecified atom stereocenters. The molecule has 0 aromatic carbocycles. The lowest BCUT2D eigenvalue weighted by molar-refractivity contribution is -0.137. The first-order valence-corrected chi connectivity index (χ1v) is 6.55. The lowest BCUT2D eigenvalue weighted by Gasteiger charge is -2.05. The zero-order valence-electron chi connectivity index (χ0n) is 10.8. The van der Waals surface area contributed by atoms with Crippen LogP contribution in [0.3, 0.4) is 0 Å². The van der Waals surface area contributed by atoms with Crippen LogP contribution in [-0.4, -0.2) is 24.2 Å². The Morgan fingerprint density at radius 1 is 1.06 bits per heavy atom. The van der Waals surface area contributed by atoms with Gasteiger partial charge in [0.1, 0.15) is 0 Å². The van der Waals surface area contributed by atoms with Crippen molar-refractivity contribution in [3.63, 3.8) is 0 Å². The number of rotatable bonds is 11. The van der Waals surface area contributed by atoms with Gasteiger partial charge < -0.3 is 10.4 Å². The molecule has 0 aromatic heterocycles. The summed E-state index contributed by atoms with van der Waals surface area (Å²) in [4.78, 5) is 10.2. The van der Waals surface area contributed by atoms with Crippen LogP contribution in [0.25, 0.3) is 0 Å². The molecule has 3 heteroatoms. The first-order chi connectivity index (χ1) is 7.63. The summed E-state index contributed by atoms with van der Waals surface area (Å²) in [5.41, 5.74) is 0. The Bertz CT molecular complexity index is 169. The zero-order valence-corrected chi connectivity index (χ0v) is 10.8. The molecule has 0 aromatic rings. The average molecular weight is 229 g/mol. The van der Waals surface area contributed by atoms with E-state index in [4.69, 9.17) is 5.11 Å². The third-order valence-electron chi connectivity index (χ3n) is 2.63. The Morgan fingerprint density at radius 2 is 1.69 bits per heavy atom. The molecule has 0 aliphatic heterocycles. The van der Waals surface area contributed by atoms with Crippen molar-refractivity contribution in [2.24, 2.45) is 5.92 Å². The fourth-order valence-electron chi connectivity index (χ4n) is 1.65. The van der Waals surface area contributed by atoms with Crippen LogP contribution in [0, 0.1) is 5.92 Å². The second kappa shape index (κ2) is 10.9. The van der Waals surface area contributed by atoms with Gasteiger partial charge in [0, 0.05) is 6.42 Å². The van der Waals surface area contributed by atoms with Crippen LogP contribution in [0.15, 0.2) is 0 Å². The molecule has 0 fully saturated rings. The number of carboxylic acids is 1. The van der Waals surface area contributed by atoms with E-state index >= 15 is 0 Å². The van der Waals surface area contributed by atoms with Crippen molar-refractivity contribution >= 4 is 5.97 Å². The Labute approximate surface area is 99.6 Å². The predicted octanol–water partition coefficient (Wildman–Crippen LogP) is 3.05. The summed E-state index contributed by atoms with van der Waals surface area (Å²) in [6, 6.07) is 0. The molecule has 16 heavy (non-hydrogen) atoms. The number of aliphatic carboxylic acids is 1. The average Bonchev–Trinajstić information content (AvgIpc) is 2.20. The summed E-state index contributed by atoms with van der Waals surface area (Å²) in [5, 5.41) is 11.7. The van der Waals surface area contributed by atoms with Crippen LogP contribution < -0.4 is 5.32 Å². The lowest BCUT2D eigenvalue weighted by atomic mass is 10.0. The number of hydrogen-bond acceptors (Lipinski definition) is 2. The van der Waals surface area contributed by atoms with Gasteiger partial charge in [-0.15, -0.1) is 0 Å². The molecule has 0 heterocycles. The smallest absolute Gasteiger partial charge is 0.303 e. The molecule has 3 nitrogen and oxygen atoms in total. The molecule has 0 radical (unpaired) electrons. The van der Waals surface area contributed by atoms with E-state index in [9.17, 15) is 4.79 Å². The molecule has 0 bridgehead atoms. The van der Waals surface area contributed by atoms with Crippen LogP contribution in [0.4, 0.5) is 0 Å². The molecule has 0 saturated carbocycles. The molecule has 0 saturated heterocycles. The van der Waals surface area contributed by atoms with Gasteiger partial charge in [0.15, 0.2) is 0 Å². The molecule has 0 aliphatic carbocycles. The molecule has 96 valence electrons. The molecule has 0 rings (SSSR count). The second-order valence-corrected chi connectivity index (χ2v) is 4.84. The van der Waals surface area contributed by atoms with Gasteiger partial charge >= 0.3 is 5.97 Å². The summed E-state index contributed by atoms with van der Waals surface area (Å²) in [6.45, 7) is 6.40. The molecule has 2 N–H and O–H groups in total. The summed E-state index contributed by atoms with van der Waals surface area (Å²) in [6.07, 6.45) is 7.53. The van der Waals surface area contributed by atoms with Crippen molar-refractivity contribution in [2.75, 3.05) is 13.1 Å². The fraction of sp³-hybridized carbons (Fsp3) is 0.923. The highest BCUT2D eigenvalue weighted by Crippen LogP contribution is 2.08. The SMILES string of the molecule is CC(C)CCCCCCNCCCC(=O)O. The summed E-state index contributed by atoms with van der Waals surface area (Å²) >= 11 is 0. The van der Waals surface area contributed by atoms with E-state index < -0.39 is 5.97 Å². The Hall–Kier alpha value is -0.570. The van der Waals surface area contributed by atoms with Crippen LogP contribution >= 0.6 is 0 Å². The van der Waals surface area contributed by atoms with Gasteiger partial charge in [0.05, 0.1) is 0 Å². The molecule has 0 spiro atoms. The quantitative estimate of drug-likeness (QED) is 0.535. The minimum atomic E-state index is -0.699. The lowest BCUT2D eigenvalue weighted by Crippen LogP contribution is -2.17. The monoisotopic (exact) mass is 229 g/mol. The van der Waals surface area contributed by atoms with Crippen molar-refractivity contribution < 1.29 is 9.90 Å². The van der Waals surface area contributed by atoms with E-state index in [0.29, 0.717) is 0 Å². The standard InChI is InChI=1S/C13H27NO2/c1-12(2)8-5-3-4-6-10-14-11-7-9-13(15)16/h12,14H,3-11H2,1-2H3,(H,15,16). The number of carboxylic acid groups (broad SMARTS) is 1. The van der Waals surface area contributed by atoms with Gasteiger partial charge in [0.2, 0.25) is 0 Å². The maximum Gasteiger partial charge on any atom is 0.303 e. The first kappa shape index (κ1) is 15.4. The van der Waals surface area contributed by atoms with Gasteiger partial charge in [-0.25, -0.2) is 0 Å². The maximum absolute atomic E-state index is 10.2. The van der Waals surface area contributed by atoms with Crippen molar-refractivity contribution in [3.8, 4) is 0 Å². The van der Waals surface area contributed by atoms with Crippen LogP contribution in [0.2, 0.25) is 0 Å². The Balaban J connectivity index is 2.96. The number of carbonyl (C=O) groups is 1.